The molecule has 1 aromatic carbocycles. The van der Waals surface area contributed by atoms with Crippen molar-refractivity contribution in [3.8, 4) is 17.2 Å². The van der Waals surface area contributed by atoms with Gasteiger partial charge in [-0.05, 0) is 17.7 Å². The van der Waals surface area contributed by atoms with Gasteiger partial charge in [0.25, 0.3) is 0 Å². The minimum absolute atomic E-state index is 0.250. The summed E-state index contributed by atoms with van der Waals surface area (Å²) in [6, 6.07) is 3.72. The summed E-state index contributed by atoms with van der Waals surface area (Å²) in [6.45, 7) is 0.715. The van der Waals surface area contributed by atoms with Gasteiger partial charge in [-0.1, -0.05) is 0 Å². The highest BCUT2D eigenvalue weighted by Crippen LogP contribution is 2.41. The topological polar surface area (TPSA) is 53.7 Å². The molecule has 0 bridgehead atoms. The average molecular weight is 181 g/mol. The molecule has 0 radical (unpaired) electrons. The summed E-state index contributed by atoms with van der Waals surface area (Å²) in [5, 5.41) is 0. The lowest BCUT2D eigenvalue weighted by Gasteiger charge is -2.06. The van der Waals surface area contributed by atoms with Gasteiger partial charge in [0.1, 0.15) is 0 Å². The van der Waals surface area contributed by atoms with Crippen LogP contribution in [-0.4, -0.2) is 13.9 Å². The fourth-order valence-electron chi connectivity index (χ4n) is 1.30. The Balaban J connectivity index is 2.49. The average Bonchev–Trinajstić information content (AvgIpc) is 2.63. The lowest BCUT2D eigenvalue weighted by Crippen LogP contribution is -1.97. The van der Waals surface area contributed by atoms with Gasteiger partial charge in [0.15, 0.2) is 11.5 Å². The number of methoxy groups -OCH3 is 1. The first kappa shape index (κ1) is 8.19. The van der Waals surface area contributed by atoms with E-state index in [9.17, 15) is 0 Å². The largest absolute Gasteiger partial charge is 0.493 e. The van der Waals surface area contributed by atoms with E-state index in [2.05, 4.69) is 0 Å². The molecule has 4 heteroatoms. The zero-order valence-electron chi connectivity index (χ0n) is 7.37. The Morgan fingerprint density at radius 2 is 2.31 bits per heavy atom. The quantitative estimate of drug-likeness (QED) is 0.736. The number of fused-ring (bicyclic) bond motifs is 1. The zero-order chi connectivity index (χ0) is 9.26. The molecule has 0 saturated heterocycles. The molecule has 2 N–H and O–H groups in total. The fourth-order valence-corrected chi connectivity index (χ4v) is 1.30. The molecular weight excluding hydrogens is 170 g/mol. The highest BCUT2D eigenvalue weighted by molar-refractivity contribution is 5.54. The highest BCUT2D eigenvalue weighted by atomic mass is 16.7. The summed E-state index contributed by atoms with van der Waals surface area (Å²) in [6.07, 6.45) is 0. The molecule has 0 aliphatic carbocycles. The number of benzene rings is 1. The normalized spacial score (nSPS) is 13.1. The predicted molar refractivity (Wildman–Crippen MR) is 47.0 cm³/mol. The monoisotopic (exact) mass is 181 g/mol. The predicted octanol–water partition coefficient (Wildman–Crippen LogP) is 0.883. The maximum atomic E-state index is 5.52. The van der Waals surface area contributed by atoms with Gasteiger partial charge in [-0.2, -0.15) is 0 Å². The molecule has 1 aromatic rings. The van der Waals surface area contributed by atoms with Crippen LogP contribution in [0.15, 0.2) is 12.1 Å². The van der Waals surface area contributed by atoms with Gasteiger partial charge in [-0.25, -0.2) is 0 Å². The van der Waals surface area contributed by atoms with Crippen LogP contribution < -0.4 is 19.9 Å². The second-order valence-electron chi connectivity index (χ2n) is 2.74. The number of hydrogen-bond acceptors (Lipinski definition) is 4. The lowest BCUT2D eigenvalue weighted by atomic mass is 10.2. The third-order valence-corrected chi connectivity index (χ3v) is 1.95. The van der Waals surface area contributed by atoms with Crippen LogP contribution in [0.4, 0.5) is 0 Å². The van der Waals surface area contributed by atoms with E-state index in [1.165, 1.54) is 0 Å². The minimum Gasteiger partial charge on any atom is -0.493 e. The van der Waals surface area contributed by atoms with Crippen LogP contribution in [0.2, 0.25) is 0 Å². The lowest BCUT2D eigenvalue weighted by molar-refractivity contribution is 0.171. The van der Waals surface area contributed by atoms with Crippen LogP contribution in [-0.2, 0) is 6.54 Å². The second kappa shape index (κ2) is 3.14. The van der Waals surface area contributed by atoms with Crippen molar-refractivity contribution in [1.82, 2.24) is 0 Å². The Morgan fingerprint density at radius 1 is 1.46 bits per heavy atom. The second-order valence-corrected chi connectivity index (χ2v) is 2.74. The summed E-state index contributed by atoms with van der Waals surface area (Å²) in [5.41, 5.74) is 6.49. The summed E-state index contributed by atoms with van der Waals surface area (Å²) < 4.78 is 15.6. The maximum absolute atomic E-state index is 5.52. The number of rotatable bonds is 2. The molecule has 13 heavy (non-hydrogen) atoms. The third kappa shape index (κ3) is 1.29. The van der Waals surface area contributed by atoms with Gasteiger partial charge in [-0.15, -0.1) is 0 Å². The smallest absolute Gasteiger partial charge is 0.231 e. The van der Waals surface area contributed by atoms with Crippen molar-refractivity contribution in [3.63, 3.8) is 0 Å². The molecule has 0 unspecified atom stereocenters. The Morgan fingerprint density at radius 3 is 3.00 bits per heavy atom. The van der Waals surface area contributed by atoms with Gasteiger partial charge in [0, 0.05) is 6.54 Å². The van der Waals surface area contributed by atoms with Crippen LogP contribution >= 0.6 is 0 Å². The van der Waals surface area contributed by atoms with Crippen LogP contribution in [0, 0.1) is 0 Å². The van der Waals surface area contributed by atoms with Gasteiger partial charge < -0.3 is 19.9 Å². The van der Waals surface area contributed by atoms with Gasteiger partial charge in [-0.3, -0.25) is 0 Å². The van der Waals surface area contributed by atoms with Crippen molar-refractivity contribution in [2.75, 3.05) is 13.9 Å². The van der Waals surface area contributed by atoms with Crippen LogP contribution in [0.25, 0.3) is 0 Å². The van der Waals surface area contributed by atoms with Gasteiger partial charge in [0.2, 0.25) is 12.5 Å². The van der Waals surface area contributed by atoms with Crippen molar-refractivity contribution in [2.24, 2.45) is 5.73 Å². The Bertz CT molecular complexity index is 325. The third-order valence-electron chi connectivity index (χ3n) is 1.95. The van der Waals surface area contributed by atoms with Crippen molar-refractivity contribution in [1.29, 1.82) is 0 Å². The van der Waals surface area contributed by atoms with E-state index in [0.717, 1.165) is 5.56 Å². The van der Waals surface area contributed by atoms with Crippen LogP contribution in [0.5, 0.6) is 17.2 Å². The van der Waals surface area contributed by atoms with Crippen molar-refractivity contribution < 1.29 is 14.2 Å². The molecule has 0 aromatic heterocycles. The molecule has 0 fully saturated rings. The van der Waals surface area contributed by atoms with Crippen molar-refractivity contribution in [3.05, 3.63) is 17.7 Å². The van der Waals surface area contributed by atoms with Crippen LogP contribution in [0.1, 0.15) is 5.56 Å². The molecule has 0 saturated carbocycles. The molecular formula is C9H11NO3. The van der Waals surface area contributed by atoms with Gasteiger partial charge >= 0.3 is 0 Å². The summed E-state index contributed by atoms with van der Waals surface area (Å²) in [7, 11) is 1.59. The van der Waals surface area contributed by atoms with Crippen LogP contribution in [0.3, 0.4) is 0 Å². The molecule has 70 valence electrons. The zero-order valence-corrected chi connectivity index (χ0v) is 7.37. The van der Waals surface area contributed by atoms with E-state index >= 15 is 0 Å². The Hall–Kier alpha value is -1.42. The number of hydrogen-bond donors (Lipinski definition) is 1. The SMILES string of the molecule is COc1cc(CN)cc2c1OCO2. The van der Waals surface area contributed by atoms with E-state index in [1.807, 2.05) is 12.1 Å². The molecule has 0 spiro atoms. The van der Waals surface area contributed by atoms with Gasteiger partial charge in [0.05, 0.1) is 7.11 Å². The highest BCUT2D eigenvalue weighted by Gasteiger charge is 2.19. The van der Waals surface area contributed by atoms with Crippen molar-refractivity contribution in [2.45, 2.75) is 6.54 Å². The molecule has 4 nitrogen and oxygen atoms in total. The standard InChI is InChI=1S/C9H11NO3/c1-11-7-2-6(4-10)3-8-9(7)13-5-12-8/h2-3H,4-5,10H2,1H3. The summed E-state index contributed by atoms with van der Waals surface area (Å²) in [5.74, 6) is 2.05. The molecule has 1 heterocycles. The van der Waals surface area contributed by atoms with E-state index < -0.39 is 0 Å². The first-order valence-electron chi connectivity index (χ1n) is 4.01. The summed E-state index contributed by atoms with van der Waals surface area (Å²) in [4.78, 5) is 0. The van der Waals surface area contributed by atoms with Crippen molar-refractivity contribution >= 4 is 0 Å². The van der Waals surface area contributed by atoms with E-state index in [4.69, 9.17) is 19.9 Å². The molecule has 1 aliphatic heterocycles. The Kier molecular flexibility index (Phi) is 1.98. The molecule has 1 aliphatic rings. The van der Waals surface area contributed by atoms with E-state index in [-0.39, 0.29) is 6.79 Å². The van der Waals surface area contributed by atoms with E-state index in [1.54, 1.807) is 7.11 Å². The number of nitrogens with two attached hydrogens (primary N) is 1. The first-order chi connectivity index (χ1) is 6.35. The molecule has 0 atom stereocenters. The minimum atomic E-state index is 0.250. The number of ether oxygens (including phenoxy) is 3. The fraction of sp³-hybridized carbons (Fsp3) is 0.333. The summed E-state index contributed by atoms with van der Waals surface area (Å²) >= 11 is 0. The maximum Gasteiger partial charge on any atom is 0.231 e. The Labute approximate surface area is 76.2 Å². The molecule has 2 rings (SSSR count). The first-order valence-corrected chi connectivity index (χ1v) is 4.01. The van der Waals surface area contributed by atoms with E-state index in [0.29, 0.717) is 23.8 Å². The molecule has 0 amide bonds.